The molecule has 0 bridgehead atoms. The molecule has 18 heavy (non-hydrogen) atoms. The van der Waals surface area contributed by atoms with Crippen LogP contribution in [0.5, 0.6) is 0 Å². The van der Waals surface area contributed by atoms with Gasteiger partial charge in [-0.15, -0.1) is 0 Å². The molecule has 0 spiro atoms. The second-order valence-electron chi connectivity index (χ2n) is 5.45. The van der Waals surface area contributed by atoms with E-state index in [4.69, 9.17) is 18.0 Å². The van der Waals surface area contributed by atoms with Gasteiger partial charge in [0.2, 0.25) is 0 Å². The molecule has 2 N–H and O–H groups in total. The van der Waals surface area contributed by atoms with E-state index in [0.29, 0.717) is 22.9 Å². The first-order valence-electron chi connectivity index (χ1n) is 6.52. The molecule has 0 aromatic carbocycles. The quantitative estimate of drug-likeness (QED) is 0.833. The summed E-state index contributed by atoms with van der Waals surface area (Å²) in [5.74, 6) is 1.36. The first-order chi connectivity index (χ1) is 8.50. The molecule has 4 heteroatoms. The molecule has 0 aliphatic carbocycles. The van der Waals surface area contributed by atoms with Gasteiger partial charge < -0.3 is 10.6 Å². The Morgan fingerprint density at radius 3 is 2.83 bits per heavy atom. The van der Waals surface area contributed by atoms with Crippen LogP contribution in [0, 0.1) is 11.8 Å². The average Bonchev–Trinajstić information content (AvgIpc) is 2.33. The number of rotatable bonds is 2. The van der Waals surface area contributed by atoms with E-state index in [1.54, 1.807) is 6.20 Å². The summed E-state index contributed by atoms with van der Waals surface area (Å²) in [4.78, 5) is 7.11. The second kappa shape index (κ2) is 5.22. The Morgan fingerprint density at radius 1 is 1.44 bits per heavy atom. The van der Waals surface area contributed by atoms with Gasteiger partial charge in [-0.1, -0.05) is 26.1 Å². The zero-order valence-electron chi connectivity index (χ0n) is 11.3. The molecule has 2 rings (SSSR count). The maximum absolute atomic E-state index is 5.78. The third kappa shape index (κ3) is 2.48. The molecule has 3 unspecified atom stereocenters. The Morgan fingerprint density at radius 2 is 2.17 bits per heavy atom. The van der Waals surface area contributed by atoms with Gasteiger partial charge in [0.05, 0.1) is 5.69 Å². The highest BCUT2D eigenvalue weighted by atomic mass is 32.1. The molecule has 1 fully saturated rings. The molecule has 1 aromatic heterocycles. The third-order valence-corrected chi connectivity index (χ3v) is 4.12. The van der Waals surface area contributed by atoms with Crippen LogP contribution in [0.3, 0.4) is 0 Å². The molecule has 3 nitrogen and oxygen atoms in total. The molecule has 0 saturated carbocycles. The minimum Gasteiger partial charge on any atom is -0.388 e. The van der Waals surface area contributed by atoms with E-state index in [0.717, 1.165) is 17.9 Å². The van der Waals surface area contributed by atoms with Gasteiger partial charge in [-0.25, -0.2) is 0 Å². The number of thiocarbonyl (C=S) groups is 1. The van der Waals surface area contributed by atoms with Gasteiger partial charge in [0, 0.05) is 18.8 Å². The highest BCUT2D eigenvalue weighted by molar-refractivity contribution is 7.80. The lowest BCUT2D eigenvalue weighted by Crippen LogP contribution is -2.46. The summed E-state index contributed by atoms with van der Waals surface area (Å²) in [5, 5.41) is 0. The summed E-state index contributed by atoms with van der Waals surface area (Å²) >= 11 is 5.11. The molecule has 3 atom stereocenters. The molecule has 0 amide bonds. The van der Waals surface area contributed by atoms with E-state index in [1.165, 1.54) is 6.42 Å². The first-order valence-corrected chi connectivity index (χ1v) is 6.93. The van der Waals surface area contributed by atoms with Gasteiger partial charge in [-0.2, -0.15) is 0 Å². The normalized spacial score (nSPS) is 28.2. The van der Waals surface area contributed by atoms with Crippen LogP contribution >= 0.6 is 12.2 Å². The molecule has 1 aromatic rings. The fraction of sp³-hybridized carbons (Fsp3) is 0.571. The van der Waals surface area contributed by atoms with Crippen molar-refractivity contribution < 1.29 is 0 Å². The van der Waals surface area contributed by atoms with Crippen molar-refractivity contribution in [3.05, 3.63) is 24.0 Å². The summed E-state index contributed by atoms with van der Waals surface area (Å²) in [6.45, 7) is 7.93. The van der Waals surface area contributed by atoms with Crippen LogP contribution in [-0.2, 0) is 0 Å². The summed E-state index contributed by atoms with van der Waals surface area (Å²) in [5.41, 5.74) is 7.61. The number of anilines is 1. The number of piperidine rings is 1. The highest BCUT2D eigenvalue weighted by Crippen LogP contribution is 2.32. The second-order valence-corrected chi connectivity index (χ2v) is 5.89. The summed E-state index contributed by atoms with van der Waals surface area (Å²) in [7, 11) is 0. The van der Waals surface area contributed by atoms with E-state index < -0.39 is 0 Å². The fourth-order valence-electron chi connectivity index (χ4n) is 2.85. The molecular formula is C14H21N3S. The maximum Gasteiger partial charge on any atom is 0.124 e. The third-order valence-electron chi connectivity index (χ3n) is 3.93. The number of nitrogens with two attached hydrogens (primary N) is 1. The van der Waals surface area contributed by atoms with Gasteiger partial charge in [-0.05, 0) is 37.3 Å². The Hall–Kier alpha value is -1.16. The standard InChI is InChI=1S/C14H21N3S/c1-9-7-10(2)11(3)17(8-9)12-5-4-6-16-13(12)14(15)18/h4-6,9-11H,7-8H2,1-3H3,(H2,15,18). The molecule has 1 aliphatic rings. The molecule has 0 radical (unpaired) electrons. The van der Waals surface area contributed by atoms with Crippen LogP contribution in [0.2, 0.25) is 0 Å². The largest absolute Gasteiger partial charge is 0.388 e. The zero-order valence-corrected chi connectivity index (χ0v) is 12.1. The molecule has 1 aliphatic heterocycles. The zero-order chi connectivity index (χ0) is 13.3. The maximum atomic E-state index is 5.78. The van der Waals surface area contributed by atoms with Crippen molar-refractivity contribution in [3.8, 4) is 0 Å². The van der Waals surface area contributed by atoms with Crippen molar-refractivity contribution in [1.29, 1.82) is 0 Å². The van der Waals surface area contributed by atoms with Crippen molar-refractivity contribution in [2.45, 2.75) is 33.2 Å². The number of hydrogen-bond donors (Lipinski definition) is 1. The lowest BCUT2D eigenvalue weighted by atomic mass is 9.85. The molecule has 2 heterocycles. The van der Waals surface area contributed by atoms with Gasteiger partial charge in [0.15, 0.2) is 0 Å². The Balaban J connectivity index is 2.38. The Bertz CT molecular complexity index is 446. The Kier molecular flexibility index (Phi) is 3.85. The summed E-state index contributed by atoms with van der Waals surface area (Å²) in [6.07, 6.45) is 3.03. The van der Waals surface area contributed by atoms with E-state index in [-0.39, 0.29) is 0 Å². The lowest BCUT2D eigenvalue weighted by Gasteiger charge is -2.43. The van der Waals surface area contributed by atoms with Gasteiger partial charge in [0.1, 0.15) is 10.7 Å². The van der Waals surface area contributed by atoms with E-state index in [9.17, 15) is 0 Å². The highest BCUT2D eigenvalue weighted by Gasteiger charge is 2.30. The van der Waals surface area contributed by atoms with Crippen molar-refractivity contribution in [3.63, 3.8) is 0 Å². The molecule has 98 valence electrons. The predicted molar refractivity (Wildman–Crippen MR) is 79.9 cm³/mol. The lowest BCUT2D eigenvalue weighted by molar-refractivity contribution is 0.297. The van der Waals surface area contributed by atoms with Gasteiger partial charge in [-0.3, -0.25) is 4.98 Å². The van der Waals surface area contributed by atoms with Crippen LogP contribution < -0.4 is 10.6 Å². The van der Waals surface area contributed by atoms with Crippen LogP contribution in [0.1, 0.15) is 32.9 Å². The van der Waals surface area contributed by atoms with E-state index in [2.05, 4.69) is 36.7 Å². The van der Waals surface area contributed by atoms with Gasteiger partial charge in [0.25, 0.3) is 0 Å². The number of pyridine rings is 1. The SMILES string of the molecule is CC1CC(C)C(C)N(c2cccnc2C(N)=S)C1. The summed E-state index contributed by atoms with van der Waals surface area (Å²) < 4.78 is 0. The van der Waals surface area contributed by atoms with Crippen LogP contribution in [0.25, 0.3) is 0 Å². The van der Waals surface area contributed by atoms with E-state index in [1.807, 2.05) is 6.07 Å². The number of hydrogen-bond acceptors (Lipinski definition) is 3. The minimum atomic E-state index is 0.378. The van der Waals surface area contributed by atoms with Crippen LogP contribution in [-0.4, -0.2) is 22.6 Å². The van der Waals surface area contributed by atoms with Crippen molar-refractivity contribution in [1.82, 2.24) is 4.98 Å². The average molecular weight is 263 g/mol. The Labute approximate surface area is 114 Å². The van der Waals surface area contributed by atoms with Crippen molar-refractivity contribution >= 4 is 22.9 Å². The molecule has 1 saturated heterocycles. The molecular weight excluding hydrogens is 242 g/mol. The number of nitrogens with zero attached hydrogens (tertiary/aromatic N) is 2. The number of aromatic nitrogens is 1. The van der Waals surface area contributed by atoms with Crippen molar-refractivity contribution in [2.24, 2.45) is 17.6 Å². The minimum absolute atomic E-state index is 0.378. The van der Waals surface area contributed by atoms with Gasteiger partial charge >= 0.3 is 0 Å². The van der Waals surface area contributed by atoms with Crippen molar-refractivity contribution in [2.75, 3.05) is 11.4 Å². The van der Waals surface area contributed by atoms with E-state index >= 15 is 0 Å². The fourth-order valence-corrected chi connectivity index (χ4v) is 3.01. The first kappa shape index (κ1) is 13.3. The van der Waals surface area contributed by atoms with Crippen LogP contribution in [0.4, 0.5) is 5.69 Å². The smallest absolute Gasteiger partial charge is 0.124 e. The summed E-state index contributed by atoms with van der Waals surface area (Å²) in [6, 6.07) is 4.52. The topological polar surface area (TPSA) is 42.2 Å². The predicted octanol–water partition coefficient (Wildman–Crippen LogP) is 2.59. The van der Waals surface area contributed by atoms with Crippen LogP contribution in [0.15, 0.2) is 18.3 Å². The monoisotopic (exact) mass is 263 g/mol.